The maximum Gasteiger partial charge on any atom is 0.407 e. The van der Waals surface area contributed by atoms with E-state index in [2.05, 4.69) is 15.8 Å². The number of ether oxygens (including phenoxy) is 1. The van der Waals surface area contributed by atoms with Gasteiger partial charge in [0.15, 0.2) is 6.10 Å². The maximum atomic E-state index is 11.1. The van der Waals surface area contributed by atoms with E-state index in [9.17, 15) is 20.1 Å². The van der Waals surface area contributed by atoms with Crippen LogP contribution in [0.15, 0.2) is 35.4 Å². The molecule has 8 nitrogen and oxygen atoms in total. The minimum Gasteiger partial charge on any atom is -0.441 e. The molecular weight excluding hydrogens is 278 g/mol. The van der Waals surface area contributed by atoms with Crippen LogP contribution < -0.4 is 10.7 Å². The van der Waals surface area contributed by atoms with Crippen LogP contribution in [0.5, 0.6) is 0 Å². The van der Waals surface area contributed by atoms with Crippen molar-refractivity contribution < 1.29 is 24.9 Å². The predicted molar refractivity (Wildman–Crippen MR) is 74.8 cm³/mol. The van der Waals surface area contributed by atoms with Gasteiger partial charge >= 0.3 is 6.09 Å². The van der Waals surface area contributed by atoms with Gasteiger partial charge in [0.1, 0.15) is 18.3 Å². The summed E-state index contributed by atoms with van der Waals surface area (Å²) in [6, 6.07) is 9.03. The summed E-state index contributed by atoms with van der Waals surface area (Å²) in [5, 5.41) is 35.4. The number of aliphatic hydroxyl groups excluding tert-OH is 3. The second-order valence-corrected chi connectivity index (χ2v) is 4.56. The first-order valence-electron chi connectivity index (χ1n) is 6.41. The minimum absolute atomic E-state index is 0.0489. The van der Waals surface area contributed by atoms with Crippen molar-refractivity contribution in [2.75, 3.05) is 12.0 Å². The summed E-state index contributed by atoms with van der Waals surface area (Å²) in [6.45, 7) is -0.0489. The lowest BCUT2D eigenvalue weighted by molar-refractivity contribution is -0.103. The molecule has 0 aromatic heterocycles. The summed E-state index contributed by atoms with van der Waals surface area (Å²) in [6.07, 6.45) is -4.88. The topological polar surface area (TPSA) is 123 Å². The number of hydrazone groups is 1. The summed E-state index contributed by atoms with van der Waals surface area (Å²) in [7, 11) is 0. The highest BCUT2D eigenvalue weighted by Crippen LogP contribution is 2.12. The van der Waals surface area contributed by atoms with E-state index in [1.165, 1.54) is 0 Å². The van der Waals surface area contributed by atoms with Crippen molar-refractivity contribution in [1.29, 1.82) is 0 Å². The number of nitrogens with one attached hydrogen (secondary N) is 2. The molecule has 1 fully saturated rings. The number of hydrogen-bond acceptors (Lipinski definition) is 7. The molecule has 21 heavy (non-hydrogen) atoms. The van der Waals surface area contributed by atoms with Crippen LogP contribution >= 0.6 is 0 Å². The third-order valence-electron chi connectivity index (χ3n) is 2.96. The monoisotopic (exact) mass is 295 g/mol. The molecule has 1 aromatic carbocycles. The molecule has 1 aliphatic heterocycles. The van der Waals surface area contributed by atoms with Crippen molar-refractivity contribution in [3.8, 4) is 0 Å². The molecule has 114 valence electrons. The van der Waals surface area contributed by atoms with E-state index < -0.39 is 30.5 Å². The zero-order valence-electron chi connectivity index (χ0n) is 11.1. The molecule has 0 saturated carbocycles. The van der Waals surface area contributed by atoms with Crippen molar-refractivity contribution in [2.45, 2.75) is 24.4 Å². The SMILES string of the molecule is O=C1NC[C@@H](O)[C@@H]([C@H](O)[C@@H](O)/C=N/Nc2ccccc2)O1. The van der Waals surface area contributed by atoms with Gasteiger partial charge in [-0.25, -0.2) is 4.79 Å². The Hall–Kier alpha value is -2.16. The fourth-order valence-corrected chi connectivity index (χ4v) is 1.83. The van der Waals surface area contributed by atoms with Crippen LogP contribution in [0.25, 0.3) is 0 Å². The largest absolute Gasteiger partial charge is 0.441 e. The van der Waals surface area contributed by atoms with E-state index in [4.69, 9.17) is 4.74 Å². The van der Waals surface area contributed by atoms with Gasteiger partial charge in [0, 0.05) is 0 Å². The Morgan fingerprint density at radius 3 is 2.81 bits per heavy atom. The number of para-hydroxylation sites is 1. The van der Waals surface area contributed by atoms with Gasteiger partial charge < -0.3 is 25.4 Å². The van der Waals surface area contributed by atoms with E-state index in [0.29, 0.717) is 5.69 Å². The zero-order valence-corrected chi connectivity index (χ0v) is 11.1. The van der Waals surface area contributed by atoms with Gasteiger partial charge in [0.2, 0.25) is 0 Å². The summed E-state index contributed by atoms with van der Waals surface area (Å²) >= 11 is 0. The molecule has 2 rings (SSSR count). The lowest BCUT2D eigenvalue weighted by Gasteiger charge is -2.32. The summed E-state index contributed by atoms with van der Waals surface area (Å²) in [5.41, 5.74) is 3.38. The lowest BCUT2D eigenvalue weighted by atomic mass is 10.0. The van der Waals surface area contributed by atoms with Crippen LogP contribution in [-0.4, -0.2) is 58.6 Å². The number of benzene rings is 1. The minimum atomic E-state index is -1.48. The molecule has 1 amide bonds. The molecule has 0 radical (unpaired) electrons. The summed E-state index contributed by atoms with van der Waals surface area (Å²) < 4.78 is 4.75. The van der Waals surface area contributed by atoms with Gasteiger partial charge in [0.25, 0.3) is 0 Å². The Morgan fingerprint density at radius 1 is 1.38 bits per heavy atom. The van der Waals surface area contributed by atoms with E-state index in [0.717, 1.165) is 6.21 Å². The highest BCUT2D eigenvalue weighted by Gasteiger charge is 2.37. The number of anilines is 1. The van der Waals surface area contributed by atoms with Gasteiger partial charge in [-0.3, -0.25) is 5.43 Å². The van der Waals surface area contributed by atoms with Gasteiger partial charge in [-0.15, -0.1) is 0 Å². The molecular formula is C13H17N3O5. The average molecular weight is 295 g/mol. The number of β-amino-alcohol motifs (C(OH)–C–C–N with tert-alkyl or cyclic N) is 1. The molecule has 0 bridgehead atoms. The van der Waals surface area contributed by atoms with Gasteiger partial charge in [0.05, 0.1) is 18.4 Å². The Balaban J connectivity index is 1.89. The second-order valence-electron chi connectivity index (χ2n) is 4.56. The summed E-state index contributed by atoms with van der Waals surface area (Å²) in [4.78, 5) is 11.1. The second kappa shape index (κ2) is 7.02. The molecule has 5 N–H and O–H groups in total. The molecule has 1 heterocycles. The van der Waals surface area contributed by atoms with Crippen LogP contribution in [0.4, 0.5) is 10.5 Å². The molecule has 0 spiro atoms. The number of nitrogens with zero attached hydrogens (tertiary/aromatic N) is 1. The first-order chi connectivity index (χ1) is 10.1. The smallest absolute Gasteiger partial charge is 0.407 e. The molecule has 1 aliphatic rings. The third-order valence-corrected chi connectivity index (χ3v) is 2.96. The number of alkyl carbamates (subject to hydrolysis) is 1. The number of rotatable bonds is 5. The molecule has 4 atom stereocenters. The van der Waals surface area contributed by atoms with Crippen LogP contribution in [0, 0.1) is 0 Å². The zero-order chi connectivity index (χ0) is 15.2. The Labute approximate surface area is 121 Å². The van der Waals surface area contributed by atoms with Gasteiger partial charge in [-0.1, -0.05) is 18.2 Å². The highest BCUT2D eigenvalue weighted by molar-refractivity contribution is 5.69. The number of hydrogen-bond donors (Lipinski definition) is 5. The lowest BCUT2D eigenvalue weighted by Crippen LogP contribution is -2.56. The van der Waals surface area contributed by atoms with Crippen molar-refractivity contribution in [2.24, 2.45) is 5.10 Å². The van der Waals surface area contributed by atoms with Crippen LogP contribution in [0.2, 0.25) is 0 Å². The highest BCUT2D eigenvalue weighted by atomic mass is 16.6. The third kappa shape index (κ3) is 4.15. The molecule has 0 unspecified atom stereocenters. The molecule has 0 aliphatic carbocycles. The van der Waals surface area contributed by atoms with Crippen LogP contribution in [0.1, 0.15) is 0 Å². The molecule has 1 aromatic rings. The quantitative estimate of drug-likeness (QED) is 0.361. The van der Waals surface area contributed by atoms with E-state index in [1.54, 1.807) is 12.1 Å². The molecule has 1 saturated heterocycles. The summed E-state index contributed by atoms with van der Waals surface area (Å²) in [5.74, 6) is 0. The van der Waals surface area contributed by atoms with Crippen LogP contribution in [-0.2, 0) is 4.74 Å². The van der Waals surface area contributed by atoms with Crippen molar-refractivity contribution in [3.05, 3.63) is 30.3 Å². The van der Waals surface area contributed by atoms with Gasteiger partial charge in [-0.05, 0) is 12.1 Å². The predicted octanol–water partition coefficient (Wildman–Crippen LogP) is -0.725. The van der Waals surface area contributed by atoms with Crippen LogP contribution in [0.3, 0.4) is 0 Å². The normalized spacial score (nSPS) is 25.0. The first-order valence-corrected chi connectivity index (χ1v) is 6.41. The number of carbonyl (C=O) groups excluding carboxylic acids is 1. The average Bonchev–Trinajstić information content (AvgIpc) is 2.50. The fraction of sp³-hybridized carbons (Fsp3) is 0.385. The van der Waals surface area contributed by atoms with Gasteiger partial charge in [-0.2, -0.15) is 5.10 Å². The standard InChI is InChI=1S/C13H17N3O5/c17-9(7-15-16-8-4-2-1-3-5-8)11(19)12-10(18)6-14-13(20)21-12/h1-5,7,9-12,16-19H,6H2,(H,14,20)/b15-7+/t9-,10+,11+,12-/m0/s1. The first kappa shape index (κ1) is 15.2. The number of aliphatic hydroxyl groups is 3. The van der Waals surface area contributed by atoms with Crippen molar-refractivity contribution in [1.82, 2.24) is 5.32 Å². The fourth-order valence-electron chi connectivity index (χ4n) is 1.83. The number of carbonyl (C=O) groups is 1. The Morgan fingerprint density at radius 2 is 2.10 bits per heavy atom. The number of amides is 1. The van der Waals surface area contributed by atoms with Crippen molar-refractivity contribution in [3.63, 3.8) is 0 Å². The maximum absolute atomic E-state index is 11.1. The van der Waals surface area contributed by atoms with E-state index in [-0.39, 0.29) is 6.54 Å². The molecule has 8 heteroatoms. The number of cyclic esters (lactones) is 1. The van der Waals surface area contributed by atoms with Crippen molar-refractivity contribution >= 4 is 18.0 Å². The Kier molecular flexibility index (Phi) is 5.09. The van der Waals surface area contributed by atoms with E-state index in [1.807, 2.05) is 18.2 Å². The van der Waals surface area contributed by atoms with E-state index >= 15 is 0 Å². The Bertz CT molecular complexity index is 496.